The van der Waals surface area contributed by atoms with Gasteiger partial charge in [-0.3, -0.25) is 15.1 Å². The van der Waals surface area contributed by atoms with Gasteiger partial charge in [0.25, 0.3) is 0 Å². The van der Waals surface area contributed by atoms with Crippen LogP contribution in [-0.2, 0) is 30.8 Å². The number of methoxy groups -OCH3 is 1. The van der Waals surface area contributed by atoms with Crippen LogP contribution in [0.2, 0.25) is 5.02 Å². The number of hydrogen-bond donors (Lipinski definition) is 3. The average molecular weight is 612 g/mol. The van der Waals surface area contributed by atoms with Gasteiger partial charge in [-0.25, -0.2) is 0 Å². The second-order valence-electron chi connectivity index (χ2n) is 11.0. The maximum absolute atomic E-state index is 11.5. The Morgan fingerprint density at radius 1 is 1.16 bits per heavy atom. The molecular weight excluding hydrogens is 578 g/mol. The highest BCUT2D eigenvalue weighted by Gasteiger charge is 2.27. The van der Waals surface area contributed by atoms with E-state index in [0.717, 1.165) is 35.3 Å². The summed E-state index contributed by atoms with van der Waals surface area (Å²) in [5.41, 5.74) is 8.90. The van der Waals surface area contributed by atoms with E-state index >= 15 is 0 Å². The number of nitrogens with one attached hydrogen (secondary N) is 1. The van der Waals surface area contributed by atoms with Crippen molar-refractivity contribution in [2.75, 3.05) is 13.7 Å². The molecule has 0 radical (unpaired) electrons. The molecule has 0 saturated heterocycles. The average Bonchev–Trinajstić information content (AvgIpc) is 3.44. The van der Waals surface area contributed by atoms with Crippen molar-refractivity contribution < 1.29 is 24.5 Å². The Kier molecular flexibility index (Phi) is 9.81. The Labute approximate surface area is 261 Å². The zero-order valence-electron chi connectivity index (χ0n) is 24.6. The highest BCUT2D eigenvalue weighted by Crippen LogP contribution is 2.42. The fraction of sp³-hybridized carbons (Fsp3) is 0.286. The minimum atomic E-state index is -1.15. The van der Waals surface area contributed by atoms with Gasteiger partial charge < -0.3 is 19.7 Å². The maximum Gasteiger partial charge on any atom is 0.323 e. The van der Waals surface area contributed by atoms with E-state index in [2.05, 4.69) is 53.6 Å². The molecule has 4 aromatic rings. The van der Waals surface area contributed by atoms with Gasteiger partial charge >= 0.3 is 5.97 Å². The summed E-state index contributed by atoms with van der Waals surface area (Å²) in [5, 5.41) is 31.5. The third-order valence-electron chi connectivity index (χ3n) is 8.13. The van der Waals surface area contributed by atoms with Crippen molar-refractivity contribution in [3.63, 3.8) is 0 Å². The first-order valence-electron chi connectivity index (χ1n) is 14.4. The summed E-state index contributed by atoms with van der Waals surface area (Å²) in [6, 6.07) is 19.2. The van der Waals surface area contributed by atoms with E-state index in [9.17, 15) is 20.3 Å². The van der Waals surface area contributed by atoms with E-state index < -0.39 is 18.6 Å². The summed E-state index contributed by atoms with van der Waals surface area (Å²) in [4.78, 5) is 15.6. The minimum Gasteiger partial charge on any atom is -0.496 e. The van der Waals surface area contributed by atoms with E-state index in [1.165, 1.54) is 28.5 Å². The Morgan fingerprint density at radius 2 is 2.00 bits per heavy atom. The van der Waals surface area contributed by atoms with E-state index in [0.29, 0.717) is 28.3 Å². The number of rotatable bonds is 12. The molecule has 0 aliphatic heterocycles. The lowest BCUT2D eigenvalue weighted by Gasteiger charge is -2.19. The zero-order valence-corrected chi connectivity index (χ0v) is 25.4. The SMILES string of the molecule is COc1ccc(-c2cccc3c2CC[C@@H]3Cc2cc(OCc3cncc(C#N)c3)c(CNC(CO)C(=O)O)cc2Cl)cc1C. The van der Waals surface area contributed by atoms with Crippen molar-refractivity contribution in [3.8, 4) is 28.7 Å². The summed E-state index contributed by atoms with van der Waals surface area (Å²) >= 11 is 6.84. The molecule has 2 atom stereocenters. The lowest BCUT2D eigenvalue weighted by molar-refractivity contribution is -0.140. The van der Waals surface area contributed by atoms with E-state index in [4.69, 9.17) is 21.1 Å². The first-order chi connectivity index (χ1) is 21.3. The Morgan fingerprint density at radius 3 is 2.73 bits per heavy atom. The molecule has 0 amide bonds. The third kappa shape index (κ3) is 6.87. The van der Waals surface area contributed by atoms with Gasteiger partial charge in [-0.1, -0.05) is 35.9 Å². The van der Waals surface area contributed by atoms with Crippen molar-refractivity contribution in [1.29, 1.82) is 5.26 Å². The van der Waals surface area contributed by atoms with E-state index in [1.54, 1.807) is 25.4 Å². The predicted molar refractivity (Wildman–Crippen MR) is 168 cm³/mol. The molecule has 8 nitrogen and oxygen atoms in total. The second-order valence-corrected chi connectivity index (χ2v) is 11.4. The van der Waals surface area contributed by atoms with Gasteiger partial charge in [-0.2, -0.15) is 5.26 Å². The molecule has 44 heavy (non-hydrogen) atoms. The molecular formula is C35H34ClN3O5. The number of ether oxygens (including phenoxy) is 2. The summed E-state index contributed by atoms with van der Waals surface area (Å²) < 4.78 is 11.7. The number of carboxylic acid groups (broad SMARTS) is 1. The fourth-order valence-electron chi connectivity index (χ4n) is 5.85. The summed E-state index contributed by atoms with van der Waals surface area (Å²) in [6.07, 6.45) is 5.78. The van der Waals surface area contributed by atoms with Gasteiger partial charge in [0.1, 0.15) is 30.2 Å². The number of aliphatic carboxylic acids is 1. The minimum absolute atomic E-state index is 0.125. The molecule has 1 unspecified atom stereocenters. The number of carboxylic acids is 1. The summed E-state index contributed by atoms with van der Waals surface area (Å²) in [7, 11) is 1.68. The van der Waals surface area contributed by atoms with Crippen molar-refractivity contribution in [3.05, 3.63) is 111 Å². The van der Waals surface area contributed by atoms with Crippen LogP contribution in [0.15, 0.2) is 67.0 Å². The molecule has 226 valence electrons. The lowest BCUT2D eigenvalue weighted by Crippen LogP contribution is -2.39. The number of aliphatic hydroxyl groups is 1. The number of pyridine rings is 1. The molecule has 3 N–H and O–H groups in total. The first-order valence-corrected chi connectivity index (χ1v) is 14.8. The molecule has 1 aromatic heterocycles. The monoisotopic (exact) mass is 611 g/mol. The van der Waals surface area contributed by atoms with Crippen LogP contribution in [0.25, 0.3) is 11.1 Å². The molecule has 0 fully saturated rings. The Bertz CT molecular complexity index is 1720. The van der Waals surface area contributed by atoms with Gasteiger partial charge in [-0.05, 0) is 95.8 Å². The molecule has 0 saturated carbocycles. The number of aryl methyl sites for hydroxylation is 1. The number of nitrogens with zero attached hydrogens (tertiary/aromatic N) is 2. The number of aromatic nitrogens is 1. The van der Waals surface area contributed by atoms with Crippen LogP contribution >= 0.6 is 11.6 Å². The van der Waals surface area contributed by atoms with Crippen molar-refractivity contribution >= 4 is 17.6 Å². The van der Waals surface area contributed by atoms with Crippen LogP contribution in [0.4, 0.5) is 0 Å². The smallest absolute Gasteiger partial charge is 0.323 e. The molecule has 3 aromatic carbocycles. The first kappa shape index (κ1) is 31.0. The van der Waals surface area contributed by atoms with E-state index in [1.807, 2.05) is 12.1 Å². The number of nitriles is 1. The van der Waals surface area contributed by atoms with Crippen LogP contribution in [0, 0.1) is 18.3 Å². The van der Waals surface area contributed by atoms with Gasteiger partial charge in [0.05, 0.1) is 19.3 Å². The van der Waals surface area contributed by atoms with Crippen molar-refractivity contribution in [2.24, 2.45) is 0 Å². The highest BCUT2D eigenvalue weighted by molar-refractivity contribution is 6.31. The number of carbonyl (C=O) groups is 1. The van der Waals surface area contributed by atoms with Crippen LogP contribution in [-0.4, -0.2) is 40.9 Å². The molecule has 9 heteroatoms. The predicted octanol–water partition coefficient (Wildman–Crippen LogP) is 5.98. The summed E-state index contributed by atoms with van der Waals surface area (Å²) in [5.74, 6) is 0.526. The van der Waals surface area contributed by atoms with Gasteiger partial charge in [0.2, 0.25) is 0 Å². The second kappa shape index (κ2) is 13.9. The molecule has 1 heterocycles. The topological polar surface area (TPSA) is 125 Å². The third-order valence-corrected chi connectivity index (χ3v) is 8.49. The fourth-order valence-corrected chi connectivity index (χ4v) is 6.12. The highest BCUT2D eigenvalue weighted by atomic mass is 35.5. The molecule has 5 rings (SSSR count). The van der Waals surface area contributed by atoms with Gasteiger partial charge in [0, 0.05) is 35.1 Å². The summed E-state index contributed by atoms with van der Waals surface area (Å²) in [6.45, 7) is 1.79. The molecule has 0 bridgehead atoms. The van der Waals surface area contributed by atoms with Gasteiger partial charge in [-0.15, -0.1) is 0 Å². The number of benzene rings is 3. The van der Waals surface area contributed by atoms with Crippen LogP contribution in [0.3, 0.4) is 0 Å². The van der Waals surface area contributed by atoms with Gasteiger partial charge in [0.15, 0.2) is 0 Å². The Balaban J connectivity index is 1.42. The standard InChI is InChI=1S/C35H34ClN3O5/c1-21-10-24(7-9-33(21)43-2)28-4-3-5-29-25(6-8-30(28)29)12-26-14-34(44-20-23-11-22(15-37)16-38-17-23)27(13-31(26)36)18-39-32(19-40)35(41)42/h3-5,7,9-11,13-14,16-17,25,32,39-40H,6,8,12,18-20H2,1-2H3,(H,41,42)/t25-,32?/m1/s1. The van der Waals surface area contributed by atoms with Crippen molar-refractivity contribution in [2.45, 2.75) is 51.3 Å². The number of hydrogen-bond acceptors (Lipinski definition) is 7. The number of halogens is 1. The normalized spacial score (nSPS) is 14.5. The lowest BCUT2D eigenvalue weighted by atomic mass is 9.90. The maximum atomic E-state index is 11.5. The Hall–Kier alpha value is -4.42. The van der Waals surface area contributed by atoms with Crippen molar-refractivity contribution in [1.82, 2.24) is 10.3 Å². The number of aliphatic hydroxyl groups excluding tert-OH is 1. The quantitative estimate of drug-likeness (QED) is 0.179. The number of fused-ring (bicyclic) bond motifs is 1. The van der Waals surface area contributed by atoms with Crippen LogP contribution in [0.5, 0.6) is 11.5 Å². The molecule has 0 spiro atoms. The largest absolute Gasteiger partial charge is 0.496 e. The van der Waals surface area contributed by atoms with Crippen LogP contribution < -0.4 is 14.8 Å². The molecule has 1 aliphatic carbocycles. The van der Waals surface area contributed by atoms with Crippen LogP contribution in [0.1, 0.15) is 51.3 Å². The molecule has 1 aliphatic rings. The zero-order chi connectivity index (χ0) is 31.2. The van der Waals surface area contributed by atoms with E-state index in [-0.39, 0.29) is 19.1 Å².